The van der Waals surface area contributed by atoms with Crippen molar-refractivity contribution in [2.45, 2.75) is 19.1 Å². The molecule has 29 heavy (non-hydrogen) atoms. The number of hydrogen-bond acceptors (Lipinski definition) is 7. The highest BCUT2D eigenvalue weighted by atomic mass is 32.2. The van der Waals surface area contributed by atoms with Crippen LogP contribution in [-0.2, 0) is 4.79 Å². The zero-order valence-corrected chi connectivity index (χ0v) is 16.7. The molecule has 0 spiro atoms. The van der Waals surface area contributed by atoms with Crippen molar-refractivity contribution in [1.82, 2.24) is 25.0 Å². The van der Waals surface area contributed by atoms with Crippen LogP contribution in [0.5, 0.6) is 0 Å². The van der Waals surface area contributed by atoms with Gasteiger partial charge in [-0.15, -0.1) is 10.2 Å². The predicted molar refractivity (Wildman–Crippen MR) is 110 cm³/mol. The van der Waals surface area contributed by atoms with Crippen molar-refractivity contribution >= 4 is 23.4 Å². The van der Waals surface area contributed by atoms with Gasteiger partial charge in [-0.2, -0.15) is 5.10 Å². The van der Waals surface area contributed by atoms with Crippen LogP contribution in [0.1, 0.15) is 11.4 Å². The number of benzene rings is 1. The van der Waals surface area contributed by atoms with Crippen LogP contribution < -0.4 is 5.32 Å². The number of thioether (sulfide) groups is 1. The highest BCUT2D eigenvalue weighted by Crippen LogP contribution is 2.25. The Morgan fingerprint density at radius 2 is 1.97 bits per heavy atom. The summed E-state index contributed by atoms with van der Waals surface area (Å²) in [5, 5.41) is 15.8. The maximum atomic E-state index is 12.4. The van der Waals surface area contributed by atoms with Gasteiger partial charge in [0.1, 0.15) is 0 Å². The monoisotopic (exact) mass is 406 g/mol. The lowest BCUT2D eigenvalue weighted by Crippen LogP contribution is -2.15. The number of nitrogens with one attached hydrogen (secondary N) is 1. The number of para-hydroxylation sites is 1. The van der Waals surface area contributed by atoms with Gasteiger partial charge in [-0.1, -0.05) is 30.0 Å². The third kappa shape index (κ3) is 4.19. The summed E-state index contributed by atoms with van der Waals surface area (Å²) in [6.45, 7) is 3.79. The van der Waals surface area contributed by atoms with E-state index < -0.39 is 0 Å². The third-order valence-electron chi connectivity index (χ3n) is 4.20. The molecule has 9 heteroatoms. The minimum atomic E-state index is -0.171. The number of hydrogen-bond donors (Lipinski definition) is 1. The van der Waals surface area contributed by atoms with Gasteiger partial charge >= 0.3 is 0 Å². The van der Waals surface area contributed by atoms with Crippen molar-refractivity contribution in [3.63, 3.8) is 0 Å². The number of rotatable bonds is 6. The van der Waals surface area contributed by atoms with Crippen LogP contribution >= 0.6 is 11.8 Å². The van der Waals surface area contributed by atoms with Gasteiger partial charge in [0.05, 0.1) is 34.1 Å². The van der Waals surface area contributed by atoms with Gasteiger partial charge in [-0.25, -0.2) is 4.68 Å². The number of aryl methyl sites for hydroxylation is 1. The van der Waals surface area contributed by atoms with E-state index in [-0.39, 0.29) is 11.7 Å². The third-order valence-corrected chi connectivity index (χ3v) is 5.02. The average Bonchev–Trinajstić information content (AvgIpc) is 3.34. The van der Waals surface area contributed by atoms with Crippen molar-refractivity contribution in [3.8, 4) is 17.1 Å². The Labute approximate surface area is 171 Å². The van der Waals surface area contributed by atoms with Gasteiger partial charge in [0.2, 0.25) is 11.8 Å². The molecule has 3 heterocycles. The second-order valence-corrected chi connectivity index (χ2v) is 7.17. The summed E-state index contributed by atoms with van der Waals surface area (Å²) >= 11 is 1.18. The Morgan fingerprint density at radius 3 is 2.72 bits per heavy atom. The number of anilines is 1. The van der Waals surface area contributed by atoms with Gasteiger partial charge in [0.25, 0.3) is 5.22 Å². The second-order valence-electron chi connectivity index (χ2n) is 6.24. The van der Waals surface area contributed by atoms with Crippen molar-refractivity contribution in [3.05, 3.63) is 66.2 Å². The van der Waals surface area contributed by atoms with E-state index in [1.54, 1.807) is 18.5 Å². The van der Waals surface area contributed by atoms with E-state index in [1.165, 1.54) is 11.8 Å². The van der Waals surface area contributed by atoms with Gasteiger partial charge in [-0.3, -0.25) is 9.78 Å². The highest BCUT2D eigenvalue weighted by Gasteiger charge is 2.16. The Morgan fingerprint density at radius 1 is 1.14 bits per heavy atom. The van der Waals surface area contributed by atoms with Gasteiger partial charge < -0.3 is 9.73 Å². The number of carbonyl (C=O) groups is 1. The molecule has 0 aliphatic rings. The summed E-state index contributed by atoms with van der Waals surface area (Å²) in [6.07, 6.45) is 3.31. The number of pyridine rings is 1. The van der Waals surface area contributed by atoms with E-state index in [0.717, 1.165) is 22.6 Å². The molecule has 0 bridgehead atoms. The summed E-state index contributed by atoms with van der Waals surface area (Å²) < 4.78 is 7.40. The Kier molecular flexibility index (Phi) is 5.39. The molecule has 146 valence electrons. The lowest BCUT2D eigenvalue weighted by atomic mass is 10.3. The molecule has 0 atom stereocenters. The molecule has 4 rings (SSSR count). The summed E-state index contributed by atoms with van der Waals surface area (Å²) in [6, 6.07) is 13.4. The maximum absolute atomic E-state index is 12.4. The lowest BCUT2D eigenvalue weighted by Gasteiger charge is -2.06. The van der Waals surface area contributed by atoms with Crippen molar-refractivity contribution in [2.24, 2.45) is 0 Å². The standard InChI is InChI=1S/C20H18N6O2S/c1-13-18(14(2)26(25-13)16-8-4-3-5-9-16)22-17(27)12-29-20-24-23-19(28-20)15-7-6-10-21-11-15/h3-11H,12H2,1-2H3,(H,22,27). The van der Waals surface area contributed by atoms with Gasteiger partial charge in [0.15, 0.2) is 0 Å². The Hall–Kier alpha value is -3.46. The van der Waals surface area contributed by atoms with Crippen LogP contribution in [-0.4, -0.2) is 36.6 Å². The molecule has 3 aromatic heterocycles. The second kappa shape index (κ2) is 8.27. The molecule has 0 aliphatic heterocycles. The number of nitrogens with zero attached hydrogens (tertiary/aromatic N) is 5. The molecule has 0 saturated heterocycles. The van der Waals surface area contributed by atoms with Crippen LogP contribution in [0.25, 0.3) is 17.1 Å². The smallest absolute Gasteiger partial charge is 0.277 e. The predicted octanol–water partition coefficient (Wildman–Crippen LogP) is 3.66. The topological polar surface area (TPSA) is 98.7 Å². The van der Waals surface area contributed by atoms with Crippen LogP contribution in [0.4, 0.5) is 5.69 Å². The van der Waals surface area contributed by atoms with Crippen molar-refractivity contribution < 1.29 is 9.21 Å². The molecule has 0 saturated carbocycles. The summed E-state index contributed by atoms with van der Waals surface area (Å²) in [7, 11) is 0. The Bertz CT molecular complexity index is 1120. The van der Waals surface area contributed by atoms with Crippen molar-refractivity contribution in [2.75, 3.05) is 11.1 Å². The van der Waals surface area contributed by atoms with Crippen LogP contribution in [0.3, 0.4) is 0 Å². The molecular weight excluding hydrogens is 388 g/mol. The first-order valence-corrected chi connectivity index (χ1v) is 9.88. The first-order chi connectivity index (χ1) is 14.1. The van der Waals surface area contributed by atoms with E-state index in [9.17, 15) is 4.79 Å². The average molecular weight is 406 g/mol. The fraction of sp³-hybridized carbons (Fsp3) is 0.150. The molecule has 0 fully saturated rings. The molecule has 0 aliphatic carbocycles. The highest BCUT2D eigenvalue weighted by molar-refractivity contribution is 7.99. The molecule has 0 radical (unpaired) electrons. The maximum Gasteiger partial charge on any atom is 0.277 e. The van der Waals surface area contributed by atoms with E-state index >= 15 is 0 Å². The normalized spacial score (nSPS) is 10.8. The molecular formula is C20H18N6O2S. The minimum Gasteiger partial charge on any atom is -0.411 e. The summed E-state index contributed by atoms with van der Waals surface area (Å²) in [4.78, 5) is 16.5. The molecule has 1 aromatic carbocycles. The molecule has 1 amide bonds. The largest absolute Gasteiger partial charge is 0.411 e. The van der Waals surface area contributed by atoms with Crippen LogP contribution in [0.15, 0.2) is 64.5 Å². The number of carbonyl (C=O) groups excluding carboxylic acids is 1. The van der Waals surface area contributed by atoms with E-state index in [1.807, 2.05) is 54.9 Å². The van der Waals surface area contributed by atoms with Gasteiger partial charge in [0, 0.05) is 12.4 Å². The van der Waals surface area contributed by atoms with E-state index in [0.29, 0.717) is 16.8 Å². The number of amides is 1. The summed E-state index contributed by atoms with van der Waals surface area (Å²) in [5.74, 6) is 0.344. The fourth-order valence-corrected chi connectivity index (χ4v) is 3.38. The molecule has 4 aromatic rings. The molecule has 1 N–H and O–H groups in total. The SMILES string of the molecule is Cc1nn(-c2ccccc2)c(C)c1NC(=O)CSc1nnc(-c2cccnc2)o1. The molecule has 0 unspecified atom stereocenters. The number of aromatic nitrogens is 5. The van der Waals surface area contributed by atoms with Crippen molar-refractivity contribution in [1.29, 1.82) is 0 Å². The zero-order valence-electron chi connectivity index (χ0n) is 15.9. The molecule has 8 nitrogen and oxygen atoms in total. The van der Waals surface area contributed by atoms with E-state index in [4.69, 9.17) is 4.42 Å². The van der Waals surface area contributed by atoms with Gasteiger partial charge in [-0.05, 0) is 38.1 Å². The summed E-state index contributed by atoms with van der Waals surface area (Å²) in [5.41, 5.74) is 4.00. The zero-order chi connectivity index (χ0) is 20.2. The quantitative estimate of drug-likeness (QED) is 0.488. The fourth-order valence-electron chi connectivity index (χ4n) is 2.82. The first-order valence-electron chi connectivity index (χ1n) is 8.90. The van der Waals surface area contributed by atoms with Crippen LogP contribution in [0, 0.1) is 13.8 Å². The Balaban J connectivity index is 1.41. The minimum absolute atomic E-state index is 0.143. The van der Waals surface area contributed by atoms with Crippen LogP contribution in [0.2, 0.25) is 0 Å². The lowest BCUT2D eigenvalue weighted by molar-refractivity contribution is -0.113. The first kappa shape index (κ1) is 18.9. The van der Waals surface area contributed by atoms with E-state index in [2.05, 4.69) is 25.6 Å².